The summed E-state index contributed by atoms with van der Waals surface area (Å²) in [5.74, 6) is 0.969. The molecule has 0 radical (unpaired) electrons. The summed E-state index contributed by atoms with van der Waals surface area (Å²) in [5, 5.41) is 1.62. The molecule has 1 atom stereocenters. The van der Waals surface area contributed by atoms with Gasteiger partial charge in [0.15, 0.2) is 0 Å². The number of nitrogens with two attached hydrogens (primary N) is 1. The lowest BCUT2D eigenvalue weighted by Gasteiger charge is -2.42. The van der Waals surface area contributed by atoms with Crippen molar-refractivity contribution in [2.45, 2.75) is 48.1 Å². The van der Waals surface area contributed by atoms with Crippen LogP contribution < -0.4 is 10.6 Å². The summed E-state index contributed by atoms with van der Waals surface area (Å²) in [4.78, 5) is 12.6. The Balaban J connectivity index is 1.39. The summed E-state index contributed by atoms with van der Waals surface area (Å²) < 4.78 is 0. The van der Waals surface area contributed by atoms with Crippen LogP contribution in [0.2, 0.25) is 5.02 Å². The van der Waals surface area contributed by atoms with Crippen molar-refractivity contribution >= 4 is 29.2 Å². The number of nitrogens with zero attached hydrogens (tertiary/aromatic N) is 3. The zero-order chi connectivity index (χ0) is 17.3. The Hall–Kier alpha value is -1.30. The van der Waals surface area contributed by atoms with Crippen LogP contribution in [0.4, 0.5) is 5.82 Å². The molecule has 1 aliphatic heterocycles. The minimum atomic E-state index is 0.381. The normalized spacial score (nSPS) is 22.5. The van der Waals surface area contributed by atoms with E-state index in [9.17, 15) is 0 Å². The molecule has 4 rings (SSSR count). The number of hydrogen-bond acceptors (Lipinski definition) is 5. The average molecular weight is 375 g/mol. The van der Waals surface area contributed by atoms with Crippen molar-refractivity contribution in [1.82, 2.24) is 9.97 Å². The number of halogens is 1. The molecule has 2 fully saturated rings. The molecular weight excluding hydrogens is 352 g/mol. The van der Waals surface area contributed by atoms with Gasteiger partial charge < -0.3 is 10.6 Å². The monoisotopic (exact) mass is 374 g/mol. The first-order valence-corrected chi connectivity index (χ1v) is 10.1. The molecule has 25 heavy (non-hydrogen) atoms. The minimum Gasteiger partial charge on any atom is -0.355 e. The molecule has 6 heteroatoms. The van der Waals surface area contributed by atoms with E-state index >= 15 is 0 Å². The molecule has 4 nitrogen and oxygen atoms in total. The van der Waals surface area contributed by atoms with E-state index in [4.69, 9.17) is 17.3 Å². The first-order valence-electron chi connectivity index (χ1n) is 8.91. The van der Waals surface area contributed by atoms with E-state index in [1.165, 1.54) is 32.1 Å². The van der Waals surface area contributed by atoms with Gasteiger partial charge in [-0.05, 0) is 49.3 Å². The molecule has 2 aromatic rings. The van der Waals surface area contributed by atoms with Gasteiger partial charge in [0, 0.05) is 29.0 Å². The highest BCUT2D eigenvalue weighted by Gasteiger charge is 2.42. The second-order valence-electron chi connectivity index (χ2n) is 7.12. The number of rotatable bonds is 3. The van der Waals surface area contributed by atoms with Gasteiger partial charge in [-0.2, -0.15) is 0 Å². The maximum atomic E-state index is 6.37. The maximum absolute atomic E-state index is 6.37. The molecule has 2 heterocycles. The fourth-order valence-electron chi connectivity index (χ4n) is 4.14. The van der Waals surface area contributed by atoms with Gasteiger partial charge in [-0.25, -0.2) is 9.97 Å². The number of benzene rings is 1. The first kappa shape index (κ1) is 17.1. The van der Waals surface area contributed by atoms with Gasteiger partial charge in [0.25, 0.3) is 0 Å². The van der Waals surface area contributed by atoms with Crippen molar-refractivity contribution in [3.05, 3.63) is 41.7 Å². The Morgan fingerprint density at radius 2 is 2.00 bits per heavy atom. The van der Waals surface area contributed by atoms with Gasteiger partial charge in [0.2, 0.25) is 0 Å². The van der Waals surface area contributed by atoms with Crippen LogP contribution in [-0.4, -0.2) is 29.1 Å². The highest BCUT2D eigenvalue weighted by atomic mass is 35.5. The van der Waals surface area contributed by atoms with E-state index in [2.05, 4.69) is 14.9 Å². The van der Waals surface area contributed by atoms with E-state index < -0.39 is 0 Å². The number of aromatic nitrogens is 2. The van der Waals surface area contributed by atoms with E-state index in [1.54, 1.807) is 11.8 Å². The predicted molar refractivity (Wildman–Crippen MR) is 103 cm³/mol. The second kappa shape index (κ2) is 7.14. The van der Waals surface area contributed by atoms with Crippen molar-refractivity contribution in [3.63, 3.8) is 0 Å². The third-order valence-electron chi connectivity index (χ3n) is 5.69. The maximum Gasteiger partial charge on any atom is 0.147 e. The summed E-state index contributed by atoms with van der Waals surface area (Å²) in [6.45, 7) is 2.06. The van der Waals surface area contributed by atoms with Crippen LogP contribution >= 0.6 is 23.4 Å². The molecule has 1 aliphatic carbocycles. The van der Waals surface area contributed by atoms with Gasteiger partial charge in [-0.1, -0.05) is 35.9 Å². The quantitative estimate of drug-likeness (QED) is 0.863. The molecule has 2 N–H and O–H groups in total. The lowest BCUT2D eigenvalue weighted by molar-refractivity contribution is 0.197. The van der Waals surface area contributed by atoms with Crippen LogP contribution in [0, 0.1) is 5.41 Å². The van der Waals surface area contributed by atoms with Crippen molar-refractivity contribution in [2.75, 3.05) is 18.0 Å². The molecular formula is C19H23ClN4S. The first-order chi connectivity index (χ1) is 12.1. The summed E-state index contributed by atoms with van der Waals surface area (Å²) in [6.07, 6.45) is 9.87. The van der Waals surface area contributed by atoms with Crippen molar-refractivity contribution < 1.29 is 0 Å². The van der Waals surface area contributed by atoms with E-state index in [1.807, 2.05) is 36.7 Å². The standard InChI is InChI=1S/C19H23ClN4S/c20-14-3-1-4-15(11-14)25-18-13-22-17(12-23-18)24-9-7-19(8-10-24)6-2-5-16(19)21/h1,3-4,11-13,16H,2,5-10,21H2/t16-/m1/s1. The Bertz CT molecular complexity index is 728. The lowest BCUT2D eigenvalue weighted by Crippen LogP contribution is -2.47. The third kappa shape index (κ3) is 3.64. The molecule has 1 spiro atoms. The van der Waals surface area contributed by atoms with Crippen LogP contribution in [0.1, 0.15) is 32.1 Å². The summed E-state index contributed by atoms with van der Waals surface area (Å²) in [5.41, 5.74) is 6.75. The average Bonchev–Trinajstić information content (AvgIpc) is 2.97. The van der Waals surface area contributed by atoms with Crippen LogP contribution in [0.15, 0.2) is 46.6 Å². The fourth-order valence-corrected chi connectivity index (χ4v) is 5.18. The Morgan fingerprint density at radius 3 is 2.64 bits per heavy atom. The Labute approximate surface area is 158 Å². The smallest absolute Gasteiger partial charge is 0.147 e. The molecule has 0 amide bonds. The van der Waals surface area contributed by atoms with Crippen LogP contribution in [0.25, 0.3) is 0 Å². The Morgan fingerprint density at radius 1 is 1.16 bits per heavy atom. The van der Waals surface area contributed by atoms with Gasteiger partial charge in [0.1, 0.15) is 10.8 Å². The number of piperidine rings is 1. The molecule has 1 aromatic heterocycles. The van der Waals surface area contributed by atoms with Crippen molar-refractivity contribution in [3.8, 4) is 0 Å². The zero-order valence-corrected chi connectivity index (χ0v) is 15.8. The second-order valence-corrected chi connectivity index (χ2v) is 8.65. The van der Waals surface area contributed by atoms with Crippen LogP contribution in [0.5, 0.6) is 0 Å². The molecule has 2 aliphatic rings. The van der Waals surface area contributed by atoms with Crippen molar-refractivity contribution in [1.29, 1.82) is 0 Å². The molecule has 0 bridgehead atoms. The lowest BCUT2D eigenvalue weighted by atomic mass is 9.74. The topological polar surface area (TPSA) is 55.0 Å². The highest BCUT2D eigenvalue weighted by Crippen LogP contribution is 2.45. The molecule has 1 saturated carbocycles. The van der Waals surface area contributed by atoms with E-state index in [0.29, 0.717) is 11.5 Å². The van der Waals surface area contributed by atoms with Crippen LogP contribution in [-0.2, 0) is 0 Å². The summed E-state index contributed by atoms with van der Waals surface area (Å²) in [6, 6.07) is 8.18. The van der Waals surface area contributed by atoms with Crippen LogP contribution in [0.3, 0.4) is 0 Å². The highest BCUT2D eigenvalue weighted by molar-refractivity contribution is 7.99. The van der Waals surface area contributed by atoms with Crippen molar-refractivity contribution in [2.24, 2.45) is 11.1 Å². The zero-order valence-electron chi connectivity index (χ0n) is 14.2. The van der Waals surface area contributed by atoms with Gasteiger partial charge in [0.05, 0.1) is 12.4 Å². The largest absolute Gasteiger partial charge is 0.355 e. The molecule has 0 unspecified atom stereocenters. The SMILES string of the molecule is N[C@@H]1CCCC12CCN(c1cnc(Sc3cccc(Cl)c3)cn1)CC2. The van der Waals surface area contributed by atoms with E-state index in [0.717, 1.165) is 33.9 Å². The predicted octanol–water partition coefficient (Wildman–Crippen LogP) is 4.38. The number of hydrogen-bond donors (Lipinski definition) is 1. The summed E-state index contributed by atoms with van der Waals surface area (Å²) in [7, 11) is 0. The fraction of sp³-hybridized carbons (Fsp3) is 0.474. The third-order valence-corrected chi connectivity index (χ3v) is 6.84. The van der Waals surface area contributed by atoms with Gasteiger partial charge >= 0.3 is 0 Å². The van der Waals surface area contributed by atoms with Gasteiger partial charge in [-0.15, -0.1) is 0 Å². The Kier molecular flexibility index (Phi) is 4.89. The molecule has 1 saturated heterocycles. The van der Waals surface area contributed by atoms with E-state index in [-0.39, 0.29) is 0 Å². The van der Waals surface area contributed by atoms with Gasteiger partial charge in [-0.3, -0.25) is 0 Å². The molecule has 1 aromatic carbocycles. The molecule has 132 valence electrons. The number of anilines is 1. The summed E-state index contributed by atoms with van der Waals surface area (Å²) >= 11 is 7.61. The minimum absolute atomic E-state index is 0.381.